The Labute approximate surface area is 374 Å². The van der Waals surface area contributed by atoms with E-state index in [1.165, 1.54) is 12.8 Å². The Morgan fingerprint density at radius 1 is 0.590 bits per heavy atom. The molecule has 1 amide bonds. The number of aliphatic hydroxyl groups is 1. The molecule has 2 N–H and O–H groups in total. The minimum Gasteiger partial charge on any atom is -0.756 e. The summed E-state index contributed by atoms with van der Waals surface area (Å²) in [5, 5.41) is 13.7. The van der Waals surface area contributed by atoms with Crippen molar-refractivity contribution in [3.63, 3.8) is 0 Å². The Hall–Kier alpha value is -3.10. The highest BCUT2D eigenvalue weighted by atomic mass is 31.2. The number of nitrogens with zero attached hydrogens (tertiary/aromatic N) is 1. The van der Waals surface area contributed by atoms with Crippen LogP contribution >= 0.6 is 7.82 Å². The molecule has 0 fully saturated rings. The van der Waals surface area contributed by atoms with Gasteiger partial charge < -0.3 is 28.8 Å². The summed E-state index contributed by atoms with van der Waals surface area (Å²) in [7, 11) is 1.19. The molecule has 3 atom stereocenters. The zero-order valence-corrected chi connectivity index (χ0v) is 39.9. The molecule has 0 bridgehead atoms. The van der Waals surface area contributed by atoms with Crippen molar-refractivity contribution in [3.8, 4) is 0 Å². The zero-order valence-electron chi connectivity index (χ0n) is 39.1. The highest BCUT2D eigenvalue weighted by Crippen LogP contribution is 2.38. The van der Waals surface area contributed by atoms with Crippen LogP contribution in [0.3, 0.4) is 0 Å². The maximum atomic E-state index is 12.9. The van der Waals surface area contributed by atoms with Crippen LogP contribution in [-0.2, 0) is 18.4 Å². The third kappa shape index (κ3) is 44.8. The lowest BCUT2D eigenvalue weighted by Crippen LogP contribution is -2.45. The van der Waals surface area contributed by atoms with Gasteiger partial charge in [-0.15, -0.1) is 0 Å². The Kier molecular flexibility index (Phi) is 40.1. The first-order valence-corrected chi connectivity index (χ1v) is 24.9. The number of nitrogens with one attached hydrogen (secondary N) is 1. The maximum Gasteiger partial charge on any atom is 0.268 e. The molecule has 0 aliphatic rings. The molecule has 0 saturated carbocycles. The number of likely N-dealkylation sites (N-methyl/N-ethyl adjacent to an activating group) is 1. The maximum absolute atomic E-state index is 12.9. The first-order chi connectivity index (χ1) is 29.5. The normalized spacial score (nSPS) is 15.3. The fraction of sp³-hybridized carbons (Fsp3) is 0.596. The van der Waals surface area contributed by atoms with Crippen LogP contribution in [0.25, 0.3) is 0 Å². The van der Waals surface area contributed by atoms with E-state index in [9.17, 15) is 19.4 Å². The highest BCUT2D eigenvalue weighted by molar-refractivity contribution is 7.45. The Balaban J connectivity index is 4.40. The van der Waals surface area contributed by atoms with Crippen LogP contribution in [0.5, 0.6) is 0 Å². The quantitative estimate of drug-likeness (QED) is 0.0275. The van der Waals surface area contributed by atoms with Crippen LogP contribution in [0.1, 0.15) is 149 Å². The number of phosphoric acid groups is 1. The monoisotopic (exact) mass is 867 g/mol. The van der Waals surface area contributed by atoms with Crippen LogP contribution in [0.4, 0.5) is 0 Å². The summed E-state index contributed by atoms with van der Waals surface area (Å²) in [4.78, 5) is 25.3. The molecule has 9 heteroatoms. The number of aliphatic hydroxyl groups excluding tert-OH is 1. The predicted molar refractivity (Wildman–Crippen MR) is 260 cm³/mol. The van der Waals surface area contributed by atoms with Gasteiger partial charge in [-0.1, -0.05) is 167 Å². The molecule has 0 heterocycles. The number of carbonyl (C=O) groups is 1. The van der Waals surface area contributed by atoms with Crippen molar-refractivity contribution in [2.45, 2.75) is 161 Å². The van der Waals surface area contributed by atoms with Gasteiger partial charge in [-0.05, 0) is 96.3 Å². The third-order valence-corrected chi connectivity index (χ3v) is 10.3. The third-order valence-electron chi connectivity index (χ3n) is 9.38. The summed E-state index contributed by atoms with van der Waals surface area (Å²) in [5.74, 6) is -0.239. The number of amides is 1. The van der Waals surface area contributed by atoms with Gasteiger partial charge in [0.05, 0.1) is 39.9 Å². The van der Waals surface area contributed by atoms with E-state index in [1.54, 1.807) is 6.08 Å². The fourth-order valence-corrected chi connectivity index (χ4v) is 6.40. The number of hydrogen-bond acceptors (Lipinski definition) is 6. The number of quaternary nitrogens is 1. The van der Waals surface area contributed by atoms with Gasteiger partial charge in [-0.25, -0.2) is 0 Å². The first-order valence-electron chi connectivity index (χ1n) is 23.4. The molecule has 3 unspecified atom stereocenters. The van der Waals surface area contributed by atoms with E-state index in [0.29, 0.717) is 17.4 Å². The summed E-state index contributed by atoms with van der Waals surface area (Å²) in [5.41, 5.74) is 0. The van der Waals surface area contributed by atoms with E-state index in [1.807, 2.05) is 27.2 Å². The number of unbranched alkanes of at least 4 members (excludes halogenated alkanes) is 9. The van der Waals surface area contributed by atoms with Gasteiger partial charge >= 0.3 is 0 Å². The minimum atomic E-state index is -4.61. The smallest absolute Gasteiger partial charge is 0.268 e. The lowest BCUT2D eigenvalue weighted by atomic mass is 10.1. The molecular formula is C52H87N2O6P. The van der Waals surface area contributed by atoms with Crippen molar-refractivity contribution < 1.29 is 32.9 Å². The lowest BCUT2D eigenvalue weighted by molar-refractivity contribution is -0.870. The molecule has 0 aromatic carbocycles. The molecule has 61 heavy (non-hydrogen) atoms. The summed E-state index contributed by atoms with van der Waals surface area (Å²) < 4.78 is 23.1. The fourth-order valence-electron chi connectivity index (χ4n) is 5.68. The zero-order chi connectivity index (χ0) is 45.0. The van der Waals surface area contributed by atoms with Gasteiger partial charge in [0.15, 0.2) is 0 Å². The van der Waals surface area contributed by atoms with Crippen molar-refractivity contribution in [1.29, 1.82) is 0 Å². The molecule has 0 aromatic heterocycles. The van der Waals surface area contributed by atoms with E-state index in [0.717, 1.165) is 116 Å². The molecule has 0 aromatic rings. The SMILES string of the molecule is CC/C=C\C/C=C\C/C=C\C/C=C\C/C=C\C/C=C\C/C=C\CCCCCCCC(=O)NC(COP(=O)([O-])OCC[N+](C)(C)C)C(O)/C=C/CC/C=C/CC/C=C/CCCC. The molecule has 8 nitrogen and oxygen atoms in total. The van der Waals surface area contributed by atoms with Gasteiger partial charge in [0.2, 0.25) is 5.91 Å². The second kappa shape index (κ2) is 42.2. The topological polar surface area (TPSA) is 108 Å². The summed E-state index contributed by atoms with van der Waals surface area (Å²) in [6.07, 6.45) is 62.6. The summed E-state index contributed by atoms with van der Waals surface area (Å²) in [6.45, 7) is 4.40. The van der Waals surface area contributed by atoms with Crippen molar-refractivity contribution in [2.24, 2.45) is 0 Å². The van der Waals surface area contributed by atoms with Gasteiger partial charge in [0.25, 0.3) is 7.82 Å². The number of phosphoric ester groups is 1. The Morgan fingerprint density at radius 3 is 1.52 bits per heavy atom. The van der Waals surface area contributed by atoms with Crippen molar-refractivity contribution in [2.75, 3.05) is 40.9 Å². The second-order valence-electron chi connectivity index (χ2n) is 16.4. The van der Waals surface area contributed by atoms with Crippen LogP contribution in [0.2, 0.25) is 0 Å². The van der Waals surface area contributed by atoms with Crippen LogP contribution in [-0.4, -0.2) is 68.5 Å². The van der Waals surface area contributed by atoms with Crippen LogP contribution in [0, 0.1) is 0 Å². The molecule has 0 spiro atoms. The van der Waals surface area contributed by atoms with Gasteiger partial charge in [0, 0.05) is 6.42 Å². The number of carbonyl (C=O) groups excluding carboxylic acids is 1. The molecule has 0 aliphatic heterocycles. The average Bonchev–Trinajstić information content (AvgIpc) is 3.21. The van der Waals surface area contributed by atoms with E-state index < -0.39 is 26.6 Å². The molecular weight excluding hydrogens is 780 g/mol. The molecule has 0 aliphatic carbocycles. The van der Waals surface area contributed by atoms with Gasteiger partial charge in [0.1, 0.15) is 13.2 Å². The van der Waals surface area contributed by atoms with Crippen LogP contribution in [0.15, 0.2) is 122 Å². The van der Waals surface area contributed by atoms with Crippen molar-refractivity contribution in [1.82, 2.24) is 5.32 Å². The first kappa shape index (κ1) is 57.9. The molecule has 0 radical (unpaired) electrons. The number of allylic oxidation sites excluding steroid dienone is 19. The highest BCUT2D eigenvalue weighted by Gasteiger charge is 2.23. The summed E-state index contributed by atoms with van der Waals surface area (Å²) >= 11 is 0. The van der Waals surface area contributed by atoms with Crippen LogP contribution < -0.4 is 10.2 Å². The van der Waals surface area contributed by atoms with Crippen molar-refractivity contribution in [3.05, 3.63) is 122 Å². The Bertz CT molecular complexity index is 1400. The number of hydrogen-bond donors (Lipinski definition) is 2. The average molecular weight is 867 g/mol. The largest absolute Gasteiger partial charge is 0.756 e. The lowest BCUT2D eigenvalue weighted by Gasteiger charge is -2.29. The molecule has 0 saturated heterocycles. The summed E-state index contributed by atoms with van der Waals surface area (Å²) in [6, 6.07) is -0.928. The van der Waals surface area contributed by atoms with Crippen molar-refractivity contribution >= 4 is 13.7 Å². The standard InChI is InChI=1S/C52H87N2O6P/c1-6-8-10-12-14-16-18-20-21-22-23-24-25-26-27-28-29-30-31-32-33-34-36-38-40-42-44-46-52(56)53-50(49-60-61(57,58)59-48-47-54(3,4)5)51(55)45-43-41-39-37-35-19-17-15-13-11-9-7-2/h8,10,13-16,20-21,23-24,26-27,29-30,32-33,35,37,43,45,50-51,55H,6-7,9,11-12,17-19,22,25,28,31,34,36,38-42,44,46-49H2,1-5H3,(H-,53,56,57,58)/b10-8-,15-13+,16-14-,21-20-,24-23-,27-26-,30-29-,33-32-,37-35+,45-43+. The van der Waals surface area contributed by atoms with E-state index in [-0.39, 0.29) is 12.5 Å². The molecule has 346 valence electrons. The van der Waals surface area contributed by atoms with E-state index >= 15 is 0 Å². The Morgan fingerprint density at radius 2 is 1.02 bits per heavy atom. The minimum absolute atomic E-state index is 0.0208. The number of rotatable bonds is 40. The molecule has 0 rings (SSSR count). The predicted octanol–water partition coefficient (Wildman–Crippen LogP) is 12.8. The van der Waals surface area contributed by atoms with E-state index in [4.69, 9.17) is 9.05 Å². The van der Waals surface area contributed by atoms with Gasteiger partial charge in [-0.2, -0.15) is 0 Å². The second-order valence-corrected chi connectivity index (χ2v) is 17.8. The van der Waals surface area contributed by atoms with E-state index in [2.05, 4.69) is 129 Å². The van der Waals surface area contributed by atoms with Gasteiger partial charge in [-0.3, -0.25) is 9.36 Å².